The summed E-state index contributed by atoms with van der Waals surface area (Å²) in [6.07, 6.45) is 3.15. The number of fused-ring (bicyclic) bond motifs is 1. The van der Waals surface area contributed by atoms with E-state index in [0.29, 0.717) is 16.3 Å². The third kappa shape index (κ3) is 1.79. The lowest BCUT2D eigenvalue weighted by Crippen LogP contribution is -2.13. The molecule has 0 aliphatic rings. The van der Waals surface area contributed by atoms with E-state index in [4.69, 9.17) is 5.73 Å². The van der Waals surface area contributed by atoms with Crippen LogP contribution >= 0.6 is 0 Å². The van der Waals surface area contributed by atoms with E-state index < -0.39 is 5.91 Å². The topological polar surface area (TPSA) is 56.0 Å². The SMILES string of the molecule is NC(=O)Cc1ccc(F)c2ccncc12. The lowest BCUT2D eigenvalue weighted by atomic mass is 10.0. The number of hydrogen-bond donors (Lipinski definition) is 1. The van der Waals surface area contributed by atoms with Gasteiger partial charge in [0.1, 0.15) is 5.82 Å². The van der Waals surface area contributed by atoms with Gasteiger partial charge in [-0.3, -0.25) is 9.78 Å². The highest BCUT2D eigenvalue weighted by atomic mass is 19.1. The molecule has 0 fully saturated rings. The smallest absolute Gasteiger partial charge is 0.221 e. The molecule has 0 spiro atoms. The Labute approximate surface area is 85.7 Å². The normalized spacial score (nSPS) is 10.5. The lowest BCUT2D eigenvalue weighted by Gasteiger charge is -2.04. The number of carbonyl (C=O) groups is 1. The Bertz CT molecular complexity index is 525. The summed E-state index contributed by atoms with van der Waals surface area (Å²) in [7, 11) is 0. The molecule has 0 saturated carbocycles. The highest BCUT2D eigenvalue weighted by Crippen LogP contribution is 2.20. The first-order chi connectivity index (χ1) is 7.18. The summed E-state index contributed by atoms with van der Waals surface area (Å²) in [5, 5.41) is 1.10. The number of primary amides is 1. The van der Waals surface area contributed by atoms with E-state index in [1.165, 1.54) is 18.5 Å². The minimum Gasteiger partial charge on any atom is -0.369 e. The van der Waals surface area contributed by atoms with E-state index in [1.807, 2.05) is 0 Å². The highest BCUT2D eigenvalue weighted by Gasteiger charge is 2.07. The van der Waals surface area contributed by atoms with E-state index in [9.17, 15) is 9.18 Å². The number of pyridine rings is 1. The molecule has 1 aromatic heterocycles. The molecule has 0 unspecified atom stereocenters. The van der Waals surface area contributed by atoms with Gasteiger partial charge in [0, 0.05) is 23.2 Å². The molecule has 0 radical (unpaired) electrons. The molecule has 0 aliphatic carbocycles. The number of hydrogen-bond acceptors (Lipinski definition) is 2. The van der Waals surface area contributed by atoms with Crippen molar-refractivity contribution in [3.05, 3.63) is 42.0 Å². The molecular formula is C11H9FN2O. The molecule has 2 aromatic rings. The van der Waals surface area contributed by atoms with Crippen LogP contribution in [0, 0.1) is 5.82 Å². The Hall–Kier alpha value is -1.97. The first-order valence-electron chi connectivity index (χ1n) is 4.48. The maximum absolute atomic E-state index is 13.4. The van der Waals surface area contributed by atoms with Crippen molar-refractivity contribution in [2.24, 2.45) is 5.73 Å². The van der Waals surface area contributed by atoms with Gasteiger partial charge in [0.25, 0.3) is 0 Å². The van der Waals surface area contributed by atoms with Crippen molar-refractivity contribution in [1.82, 2.24) is 4.98 Å². The van der Waals surface area contributed by atoms with Gasteiger partial charge in [-0.15, -0.1) is 0 Å². The van der Waals surface area contributed by atoms with Crippen LogP contribution in [0.15, 0.2) is 30.6 Å². The molecule has 76 valence electrons. The molecule has 0 aliphatic heterocycles. The lowest BCUT2D eigenvalue weighted by molar-refractivity contribution is -0.117. The van der Waals surface area contributed by atoms with Crippen LogP contribution in [0.1, 0.15) is 5.56 Å². The van der Waals surface area contributed by atoms with Gasteiger partial charge in [-0.2, -0.15) is 0 Å². The second-order valence-electron chi connectivity index (χ2n) is 3.27. The minimum absolute atomic E-state index is 0.0997. The summed E-state index contributed by atoms with van der Waals surface area (Å²) in [5.41, 5.74) is 5.80. The highest BCUT2D eigenvalue weighted by molar-refractivity contribution is 5.89. The number of amides is 1. The van der Waals surface area contributed by atoms with Gasteiger partial charge in [0.15, 0.2) is 0 Å². The van der Waals surface area contributed by atoms with E-state index in [-0.39, 0.29) is 12.2 Å². The van der Waals surface area contributed by atoms with Gasteiger partial charge < -0.3 is 5.73 Å². The predicted octanol–water partition coefficient (Wildman–Crippen LogP) is 1.40. The number of carbonyl (C=O) groups excluding carboxylic acids is 1. The van der Waals surface area contributed by atoms with Crippen molar-refractivity contribution in [2.45, 2.75) is 6.42 Å². The van der Waals surface area contributed by atoms with Crippen LogP contribution in [0.4, 0.5) is 4.39 Å². The van der Waals surface area contributed by atoms with Gasteiger partial charge in [-0.1, -0.05) is 6.07 Å². The zero-order valence-electron chi connectivity index (χ0n) is 7.90. The molecule has 0 saturated heterocycles. The van der Waals surface area contributed by atoms with Crippen LogP contribution in [-0.2, 0) is 11.2 Å². The molecule has 15 heavy (non-hydrogen) atoms. The zero-order valence-corrected chi connectivity index (χ0v) is 7.90. The second kappa shape index (κ2) is 3.65. The molecule has 0 atom stereocenters. The average molecular weight is 204 g/mol. The summed E-state index contributed by atoms with van der Waals surface area (Å²) in [6.45, 7) is 0. The summed E-state index contributed by atoms with van der Waals surface area (Å²) in [5.74, 6) is -0.757. The average Bonchev–Trinajstić information content (AvgIpc) is 2.22. The van der Waals surface area contributed by atoms with Crippen molar-refractivity contribution in [3.63, 3.8) is 0 Å². The van der Waals surface area contributed by atoms with Crippen LogP contribution in [0.25, 0.3) is 10.8 Å². The number of rotatable bonds is 2. The minimum atomic E-state index is -0.438. The van der Waals surface area contributed by atoms with Gasteiger partial charge in [0.2, 0.25) is 5.91 Å². The van der Waals surface area contributed by atoms with Crippen LogP contribution in [-0.4, -0.2) is 10.9 Å². The number of aromatic nitrogens is 1. The maximum Gasteiger partial charge on any atom is 0.221 e. The molecule has 1 aromatic carbocycles. The van der Waals surface area contributed by atoms with Gasteiger partial charge in [-0.05, 0) is 17.7 Å². The van der Waals surface area contributed by atoms with Gasteiger partial charge >= 0.3 is 0 Å². The molecular weight excluding hydrogens is 195 g/mol. The fourth-order valence-electron chi connectivity index (χ4n) is 1.55. The van der Waals surface area contributed by atoms with Crippen LogP contribution in [0.2, 0.25) is 0 Å². The molecule has 1 heterocycles. The number of nitrogens with two attached hydrogens (primary N) is 1. The molecule has 3 nitrogen and oxygen atoms in total. The van der Waals surface area contributed by atoms with E-state index in [1.54, 1.807) is 12.1 Å². The van der Waals surface area contributed by atoms with E-state index >= 15 is 0 Å². The quantitative estimate of drug-likeness (QED) is 0.803. The van der Waals surface area contributed by atoms with Crippen molar-refractivity contribution in [3.8, 4) is 0 Å². The Morgan fingerprint density at radius 2 is 2.13 bits per heavy atom. The Morgan fingerprint density at radius 3 is 2.87 bits per heavy atom. The summed E-state index contributed by atoms with van der Waals surface area (Å²) >= 11 is 0. The number of benzene rings is 1. The zero-order chi connectivity index (χ0) is 10.8. The van der Waals surface area contributed by atoms with E-state index in [2.05, 4.69) is 4.98 Å². The molecule has 0 bridgehead atoms. The van der Waals surface area contributed by atoms with Crippen LogP contribution < -0.4 is 5.73 Å². The second-order valence-corrected chi connectivity index (χ2v) is 3.27. The fourth-order valence-corrected chi connectivity index (χ4v) is 1.55. The van der Waals surface area contributed by atoms with Crippen molar-refractivity contribution >= 4 is 16.7 Å². The maximum atomic E-state index is 13.4. The summed E-state index contributed by atoms with van der Waals surface area (Å²) < 4.78 is 13.4. The molecule has 1 amide bonds. The fraction of sp³-hybridized carbons (Fsp3) is 0.0909. The first-order valence-corrected chi connectivity index (χ1v) is 4.48. The van der Waals surface area contributed by atoms with Crippen LogP contribution in [0.5, 0.6) is 0 Å². The predicted molar refractivity (Wildman–Crippen MR) is 54.6 cm³/mol. The molecule has 4 heteroatoms. The number of halogens is 1. The number of nitrogens with zero attached hydrogens (tertiary/aromatic N) is 1. The first kappa shape index (κ1) is 9.58. The van der Waals surface area contributed by atoms with E-state index in [0.717, 1.165) is 0 Å². The third-order valence-corrected chi connectivity index (χ3v) is 2.22. The largest absolute Gasteiger partial charge is 0.369 e. The van der Waals surface area contributed by atoms with Crippen molar-refractivity contribution in [2.75, 3.05) is 0 Å². The summed E-state index contributed by atoms with van der Waals surface area (Å²) in [4.78, 5) is 14.7. The monoisotopic (exact) mass is 204 g/mol. The van der Waals surface area contributed by atoms with Crippen molar-refractivity contribution < 1.29 is 9.18 Å². The van der Waals surface area contributed by atoms with Gasteiger partial charge in [-0.25, -0.2) is 4.39 Å². The Balaban J connectivity index is 2.66. The molecule has 2 rings (SSSR count). The molecule has 2 N–H and O–H groups in total. The van der Waals surface area contributed by atoms with Crippen molar-refractivity contribution in [1.29, 1.82) is 0 Å². The Kier molecular flexibility index (Phi) is 2.33. The van der Waals surface area contributed by atoms with Gasteiger partial charge in [0.05, 0.1) is 6.42 Å². The third-order valence-electron chi connectivity index (χ3n) is 2.22. The standard InChI is InChI=1S/C11H9FN2O/c12-10-2-1-7(5-11(13)15)9-6-14-4-3-8(9)10/h1-4,6H,5H2,(H2,13,15). The van der Waals surface area contributed by atoms with Crippen LogP contribution in [0.3, 0.4) is 0 Å². The summed E-state index contributed by atoms with van der Waals surface area (Å²) in [6, 6.07) is 4.47. The Morgan fingerprint density at radius 1 is 1.33 bits per heavy atom.